The second kappa shape index (κ2) is 9.50. The zero-order chi connectivity index (χ0) is 22.7. The Kier molecular flexibility index (Phi) is 6.98. The van der Waals surface area contributed by atoms with E-state index >= 15 is 0 Å². The highest BCUT2D eigenvalue weighted by molar-refractivity contribution is 6.30. The van der Waals surface area contributed by atoms with E-state index in [4.69, 9.17) is 17.3 Å². The molecule has 1 fully saturated rings. The van der Waals surface area contributed by atoms with E-state index in [0.717, 1.165) is 0 Å². The molecule has 12 heteroatoms. The number of nitrogens with one attached hydrogen (secondary N) is 4. The largest absolute Gasteiger partial charge is 0.354 e. The molecule has 0 radical (unpaired) electrons. The average molecular weight is 454 g/mol. The Balaban J connectivity index is 1.56. The van der Waals surface area contributed by atoms with Crippen LogP contribution < -0.4 is 27.1 Å². The number of rotatable bonds is 7. The van der Waals surface area contributed by atoms with Crippen LogP contribution in [0.25, 0.3) is 0 Å². The number of halogens is 2. The summed E-state index contributed by atoms with van der Waals surface area (Å²) in [6, 6.07) is 3.62. The first-order chi connectivity index (χ1) is 14.7. The van der Waals surface area contributed by atoms with Gasteiger partial charge in [0.05, 0.1) is 17.3 Å². The minimum Gasteiger partial charge on any atom is -0.354 e. The third-order valence-electron chi connectivity index (χ3n) is 4.85. The van der Waals surface area contributed by atoms with Crippen LogP contribution >= 0.6 is 11.6 Å². The van der Waals surface area contributed by atoms with E-state index in [9.17, 15) is 18.8 Å². The molecule has 3 rings (SSSR count). The number of carbonyl (C=O) groups excluding carboxylic acids is 3. The van der Waals surface area contributed by atoms with Crippen molar-refractivity contribution in [2.75, 3.05) is 13.1 Å². The van der Waals surface area contributed by atoms with Crippen LogP contribution in [-0.2, 0) is 20.9 Å². The predicted octanol–water partition coefficient (Wildman–Crippen LogP) is -0.676. The molecule has 1 aromatic carbocycles. The molecule has 31 heavy (non-hydrogen) atoms. The molecule has 0 saturated carbocycles. The maximum Gasteiger partial charge on any atom is 0.247 e. The van der Waals surface area contributed by atoms with Crippen molar-refractivity contribution in [2.24, 2.45) is 5.73 Å². The molecule has 6 N–H and O–H groups in total. The Hall–Kier alpha value is -2.89. The first kappa shape index (κ1) is 22.8. The number of hydrogen-bond donors (Lipinski definition) is 5. The summed E-state index contributed by atoms with van der Waals surface area (Å²) in [4.78, 5) is 38.6. The minimum atomic E-state index is -0.701. The van der Waals surface area contributed by atoms with Gasteiger partial charge in [0.2, 0.25) is 17.7 Å². The molecule has 2 aliphatic heterocycles. The van der Waals surface area contributed by atoms with Crippen molar-refractivity contribution >= 4 is 29.3 Å². The third kappa shape index (κ3) is 5.43. The van der Waals surface area contributed by atoms with Gasteiger partial charge in [-0.1, -0.05) is 23.7 Å². The first-order valence-electron chi connectivity index (χ1n) is 9.71. The number of fused-ring (bicyclic) bond motifs is 1. The number of nitrogens with two attached hydrogens (primary N) is 1. The topological polar surface area (TPSA) is 132 Å². The molecule has 0 aromatic heterocycles. The monoisotopic (exact) mass is 453 g/mol. The molecule has 168 valence electrons. The van der Waals surface area contributed by atoms with Gasteiger partial charge in [-0.3, -0.25) is 20.1 Å². The van der Waals surface area contributed by atoms with Crippen LogP contribution in [0.5, 0.6) is 0 Å². The van der Waals surface area contributed by atoms with Crippen molar-refractivity contribution in [3.8, 4) is 0 Å². The highest BCUT2D eigenvalue weighted by Gasteiger charge is 2.36. The molecule has 0 spiro atoms. The summed E-state index contributed by atoms with van der Waals surface area (Å²) in [5.74, 6) is -1.66. The zero-order valence-corrected chi connectivity index (χ0v) is 17.9. The Morgan fingerprint density at radius 3 is 2.81 bits per heavy atom. The molecule has 2 heterocycles. The lowest BCUT2D eigenvalue weighted by molar-refractivity contribution is -0.139. The zero-order valence-electron chi connectivity index (χ0n) is 17.1. The average Bonchev–Trinajstić information content (AvgIpc) is 3.09. The second-order valence-electron chi connectivity index (χ2n) is 7.51. The SMILES string of the molecule is CC(C)N(CC(=O)NCc1cccc(Cl)c1F)C(=O)CN1C=C2NC(N)NC(=O)C2N1. The molecule has 0 bridgehead atoms. The van der Waals surface area contributed by atoms with E-state index in [-0.39, 0.29) is 48.1 Å². The fourth-order valence-corrected chi connectivity index (χ4v) is 3.46. The highest BCUT2D eigenvalue weighted by Crippen LogP contribution is 2.17. The van der Waals surface area contributed by atoms with E-state index in [1.807, 2.05) is 0 Å². The lowest BCUT2D eigenvalue weighted by atomic mass is 10.2. The van der Waals surface area contributed by atoms with Crippen LogP contribution in [0.3, 0.4) is 0 Å². The van der Waals surface area contributed by atoms with E-state index in [1.54, 1.807) is 26.1 Å². The van der Waals surface area contributed by atoms with Gasteiger partial charge in [-0.25, -0.2) is 9.82 Å². The summed E-state index contributed by atoms with van der Waals surface area (Å²) in [5, 5.41) is 9.50. The predicted molar refractivity (Wildman–Crippen MR) is 111 cm³/mol. The smallest absolute Gasteiger partial charge is 0.247 e. The lowest BCUT2D eigenvalue weighted by Crippen LogP contribution is -2.63. The summed E-state index contributed by atoms with van der Waals surface area (Å²) in [6.45, 7) is 3.22. The number of carbonyl (C=O) groups is 3. The minimum absolute atomic E-state index is 0.0253. The van der Waals surface area contributed by atoms with Crippen molar-refractivity contribution in [3.63, 3.8) is 0 Å². The van der Waals surface area contributed by atoms with Crippen molar-refractivity contribution in [1.82, 2.24) is 31.3 Å². The second-order valence-corrected chi connectivity index (χ2v) is 7.92. The first-order valence-corrected chi connectivity index (χ1v) is 10.1. The lowest BCUT2D eigenvalue weighted by Gasteiger charge is -2.29. The molecule has 1 aromatic rings. The van der Waals surface area contributed by atoms with E-state index in [2.05, 4.69) is 21.4 Å². The van der Waals surface area contributed by atoms with Gasteiger partial charge in [-0.05, 0) is 19.9 Å². The van der Waals surface area contributed by atoms with Crippen LogP contribution in [0.2, 0.25) is 5.02 Å². The maximum absolute atomic E-state index is 14.0. The fraction of sp³-hybridized carbons (Fsp3) is 0.421. The highest BCUT2D eigenvalue weighted by atomic mass is 35.5. The molecule has 0 aliphatic carbocycles. The summed E-state index contributed by atoms with van der Waals surface area (Å²) < 4.78 is 14.0. The molecular weight excluding hydrogens is 429 g/mol. The van der Waals surface area contributed by atoms with Gasteiger partial charge in [-0.2, -0.15) is 0 Å². The molecule has 2 atom stereocenters. The van der Waals surface area contributed by atoms with E-state index in [1.165, 1.54) is 22.0 Å². The Labute approximate surface area is 183 Å². The summed E-state index contributed by atoms with van der Waals surface area (Å²) in [5.41, 5.74) is 9.40. The van der Waals surface area contributed by atoms with E-state index in [0.29, 0.717) is 5.70 Å². The van der Waals surface area contributed by atoms with Gasteiger partial charge in [-0.15, -0.1) is 0 Å². The third-order valence-corrected chi connectivity index (χ3v) is 5.15. The van der Waals surface area contributed by atoms with Crippen LogP contribution in [0.4, 0.5) is 4.39 Å². The van der Waals surface area contributed by atoms with Gasteiger partial charge < -0.3 is 25.9 Å². The summed E-state index contributed by atoms with van der Waals surface area (Å²) in [7, 11) is 0. The van der Waals surface area contributed by atoms with Crippen molar-refractivity contribution in [1.29, 1.82) is 0 Å². The fourth-order valence-electron chi connectivity index (χ4n) is 3.26. The van der Waals surface area contributed by atoms with Crippen LogP contribution in [0.15, 0.2) is 30.1 Å². The van der Waals surface area contributed by atoms with Gasteiger partial charge in [0.15, 0.2) is 6.29 Å². The molecule has 2 aliphatic rings. The van der Waals surface area contributed by atoms with Crippen LogP contribution in [0.1, 0.15) is 19.4 Å². The van der Waals surface area contributed by atoms with Crippen molar-refractivity contribution in [2.45, 2.75) is 38.8 Å². The van der Waals surface area contributed by atoms with Crippen LogP contribution in [0, 0.1) is 5.82 Å². The van der Waals surface area contributed by atoms with Gasteiger partial charge in [0.1, 0.15) is 18.4 Å². The number of hydrogen-bond acceptors (Lipinski definition) is 7. The Morgan fingerprint density at radius 1 is 1.35 bits per heavy atom. The normalized spacial score (nSPS) is 20.0. The maximum atomic E-state index is 14.0. The molecule has 2 unspecified atom stereocenters. The van der Waals surface area contributed by atoms with E-state index < -0.39 is 24.1 Å². The number of nitrogens with zero attached hydrogens (tertiary/aromatic N) is 2. The Morgan fingerprint density at radius 2 is 2.10 bits per heavy atom. The Bertz CT molecular complexity index is 910. The van der Waals surface area contributed by atoms with Crippen molar-refractivity contribution in [3.05, 3.63) is 46.5 Å². The number of amides is 3. The molecule has 10 nitrogen and oxygen atoms in total. The van der Waals surface area contributed by atoms with Gasteiger partial charge in [0, 0.05) is 24.4 Å². The summed E-state index contributed by atoms with van der Waals surface area (Å²) >= 11 is 5.75. The number of benzene rings is 1. The molecule has 3 amide bonds. The van der Waals surface area contributed by atoms with Crippen molar-refractivity contribution < 1.29 is 18.8 Å². The number of hydrazine groups is 1. The van der Waals surface area contributed by atoms with Gasteiger partial charge in [0.25, 0.3) is 0 Å². The quantitative estimate of drug-likeness (QED) is 0.369. The molecular formula is C19H25ClFN7O3. The summed E-state index contributed by atoms with van der Waals surface area (Å²) in [6.07, 6.45) is 0.898. The standard InChI is InChI=1S/C19H25ClFN7O3/c1-10(2)28(8-14(29)23-6-11-4-3-5-12(20)16(11)21)15(30)9-27-7-13-17(26-27)18(31)25-19(22)24-13/h3-5,7,10,17,19,24,26H,6,8-9,22H2,1-2H3,(H,23,29)(H,25,31). The molecule has 1 saturated heterocycles. The van der Waals surface area contributed by atoms with Gasteiger partial charge >= 0.3 is 0 Å². The van der Waals surface area contributed by atoms with Crippen LogP contribution in [-0.4, -0.2) is 59.1 Å².